The fraction of sp³-hybridized carbons (Fsp3) is 0.417. The summed E-state index contributed by atoms with van der Waals surface area (Å²) in [4.78, 5) is 21.9. The van der Waals surface area contributed by atoms with Crippen LogP contribution < -0.4 is 4.74 Å². The molecule has 2 rings (SSSR count). The Morgan fingerprint density at radius 2 is 2.32 bits per heavy atom. The van der Waals surface area contributed by atoms with Crippen molar-refractivity contribution < 1.29 is 24.3 Å². The van der Waals surface area contributed by atoms with E-state index in [0.29, 0.717) is 0 Å². The van der Waals surface area contributed by atoms with Crippen molar-refractivity contribution in [3.63, 3.8) is 0 Å². The number of fused-ring (bicyclic) bond motifs is 1. The fourth-order valence-corrected chi connectivity index (χ4v) is 2.01. The second-order valence-electron chi connectivity index (χ2n) is 4.34. The maximum atomic E-state index is 11.7. The molecule has 0 aromatic heterocycles. The lowest BCUT2D eigenvalue weighted by molar-refractivity contribution is -0.385. The van der Waals surface area contributed by atoms with E-state index in [1.807, 2.05) is 0 Å². The average Bonchev–Trinajstić information content (AvgIpc) is 2.61. The Morgan fingerprint density at radius 1 is 1.63 bits per heavy atom. The molecular formula is C12H13NO6. The van der Waals surface area contributed by atoms with Crippen LogP contribution in [0, 0.1) is 10.1 Å². The highest BCUT2D eigenvalue weighted by Gasteiger charge is 2.49. The molecule has 0 saturated carbocycles. The van der Waals surface area contributed by atoms with E-state index in [9.17, 15) is 20.0 Å². The van der Waals surface area contributed by atoms with Gasteiger partial charge in [-0.2, -0.15) is 0 Å². The third kappa shape index (κ3) is 2.12. The second kappa shape index (κ2) is 4.51. The number of rotatable bonds is 3. The maximum Gasteiger partial charge on any atom is 0.350 e. The van der Waals surface area contributed by atoms with Crippen molar-refractivity contribution in [2.45, 2.75) is 25.6 Å². The summed E-state index contributed by atoms with van der Waals surface area (Å²) in [5, 5.41) is 21.1. The zero-order valence-corrected chi connectivity index (χ0v) is 10.5. The average molecular weight is 267 g/mol. The summed E-state index contributed by atoms with van der Waals surface area (Å²) in [6, 6.07) is 3.82. The van der Waals surface area contributed by atoms with Gasteiger partial charge in [0, 0.05) is 17.7 Å². The molecule has 1 aromatic carbocycles. The Bertz CT molecular complexity index is 539. The predicted molar refractivity (Wildman–Crippen MR) is 63.7 cm³/mol. The normalized spacial score (nSPS) is 24.5. The third-order valence-corrected chi connectivity index (χ3v) is 2.98. The number of aliphatic hydroxyl groups is 1. The number of non-ortho nitro benzene ring substituents is 1. The minimum atomic E-state index is -1.66. The van der Waals surface area contributed by atoms with Crippen molar-refractivity contribution in [1.29, 1.82) is 0 Å². The number of ether oxygens (including phenoxy) is 2. The number of hydrogen-bond donors (Lipinski definition) is 1. The molecule has 0 saturated heterocycles. The number of nitro benzene ring substituents is 1. The molecule has 7 heteroatoms. The van der Waals surface area contributed by atoms with E-state index in [1.165, 1.54) is 25.1 Å². The lowest BCUT2D eigenvalue weighted by Gasteiger charge is -2.22. The molecule has 0 unspecified atom stereocenters. The second-order valence-corrected chi connectivity index (χ2v) is 4.34. The summed E-state index contributed by atoms with van der Waals surface area (Å²) in [5.41, 5.74) is -1.62. The Morgan fingerprint density at radius 3 is 2.89 bits per heavy atom. The van der Waals surface area contributed by atoms with Crippen LogP contribution in [0.1, 0.15) is 19.4 Å². The number of hydrogen-bond acceptors (Lipinski definition) is 6. The van der Waals surface area contributed by atoms with Crippen LogP contribution in [0.4, 0.5) is 5.69 Å². The Labute approximate surface area is 108 Å². The van der Waals surface area contributed by atoms with Crippen LogP contribution in [-0.2, 0) is 15.1 Å². The summed E-state index contributed by atoms with van der Waals surface area (Å²) < 4.78 is 10.1. The van der Waals surface area contributed by atoms with Gasteiger partial charge in [-0.1, -0.05) is 0 Å². The molecule has 0 spiro atoms. The molecule has 19 heavy (non-hydrogen) atoms. The van der Waals surface area contributed by atoms with Crippen molar-refractivity contribution in [2.75, 3.05) is 6.61 Å². The van der Waals surface area contributed by atoms with E-state index in [2.05, 4.69) is 0 Å². The zero-order valence-electron chi connectivity index (χ0n) is 10.5. The molecular weight excluding hydrogens is 254 g/mol. The van der Waals surface area contributed by atoms with Gasteiger partial charge < -0.3 is 14.6 Å². The maximum absolute atomic E-state index is 11.7. The largest absolute Gasteiger partial charge is 0.475 e. The molecule has 1 aliphatic rings. The van der Waals surface area contributed by atoms with Crippen LogP contribution in [0.15, 0.2) is 18.2 Å². The van der Waals surface area contributed by atoms with Gasteiger partial charge in [0.25, 0.3) is 5.69 Å². The topological polar surface area (TPSA) is 98.9 Å². The Balaban J connectivity index is 2.40. The summed E-state index contributed by atoms with van der Waals surface area (Å²) >= 11 is 0. The van der Waals surface area contributed by atoms with E-state index in [4.69, 9.17) is 9.47 Å². The van der Waals surface area contributed by atoms with Crippen LogP contribution in [0.2, 0.25) is 0 Å². The smallest absolute Gasteiger partial charge is 0.350 e. The highest BCUT2D eigenvalue weighted by molar-refractivity contribution is 5.79. The lowest BCUT2D eigenvalue weighted by Crippen LogP contribution is -2.42. The summed E-state index contributed by atoms with van der Waals surface area (Å²) in [7, 11) is 0. The number of carbonyl (C=O) groups excluding carboxylic acids is 1. The van der Waals surface area contributed by atoms with Gasteiger partial charge in [-0.05, 0) is 19.9 Å². The quantitative estimate of drug-likeness (QED) is 0.500. The molecule has 1 N–H and O–H groups in total. The molecule has 2 atom stereocenters. The van der Waals surface area contributed by atoms with Crippen LogP contribution in [0.3, 0.4) is 0 Å². The molecule has 1 aliphatic heterocycles. The van der Waals surface area contributed by atoms with Crippen molar-refractivity contribution >= 4 is 11.7 Å². The Hall–Kier alpha value is -2.15. The van der Waals surface area contributed by atoms with Crippen LogP contribution in [-0.4, -0.2) is 28.7 Å². The zero-order chi connectivity index (χ0) is 14.2. The van der Waals surface area contributed by atoms with E-state index in [-0.39, 0.29) is 23.6 Å². The van der Waals surface area contributed by atoms with E-state index >= 15 is 0 Å². The molecule has 102 valence electrons. The minimum Gasteiger partial charge on any atom is -0.475 e. The molecule has 0 bridgehead atoms. The van der Waals surface area contributed by atoms with Crippen molar-refractivity contribution in [1.82, 2.24) is 0 Å². The van der Waals surface area contributed by atoms with Gasteiger partial charge in [0.15, 0.2) is 0 Å². The molecule has 0 radical (unpaired) electrons. The van der Waals surface area contributed by atoms with Crippen molar-refractivity contribution in [3.8, 4) is 5.75 Å². The number of carbonyl (C=O) groups is 1. The molecule has 0 fully saturated rings. The minimum absolute atomic E-state index is 0.158. The van der Waals surface area contributed by atoms with Gasteiger partial charge in [0.05, 0.1) is 11.5 Å². The Kier molecular flexibility index (Phi) is 3.15. The first-order chi connectivity index (χ1) is 8.87. The monoisotopic (exact) mass is 267 g/mol. The van der Waals surface area contributed by atoms with Gasteiger partial charge in [-0.25, -0.2) is 4.79 Å². The molecule has 0 aliphatic carbocycles. The van der Waals surface area contributed by atoms with E-state index < -0.39 is 22.6 Å². The predicted octanol–water partition coefficient (Wildman–Crippen LogP) is 1.13. The van der Waals surface area contributed by atoms with Crippen LogP contribution >= 0.6 is 0 Å². The molecule has 0 amide bonds. The number of nitro groups is 1. The van der Waals surface area contributed by atoms with Gasteiger partial charge in [0.1, 0.15) is 11.4 Å². The number of esters is 1. The lowest BCUT2D eigenvalue weighted by atomic mass is 9.92. The fourth-order valence-electron chi connectivity index (χ4n) is 2.01. The molecule has 1 aromatic rings. The van der Waals surface area contributed by atoms with Gasteiger partial charge >= 0.3 is 5.97 Å². The molecule has 7 nitrogen and oxygen atoms in total. The summed E-state index contributed by atoms with van der Waals surface area (Å²) in [5.74, 6) is -0.458. The van der Waals surface area contributed by atoms with Crippen LogP contribution in [0.25, 0.3) is 0 Å². The summed E-state index contributed by atoms with van der Waals surface area (Å²) in [6.45, 7) is 3.16. The SMILES string of the molecule is CCOC(=O)[C@H]1Oc2ccc([N+](=O)[O-])cc2[C@@]1(C)O. The molecule has 1 heterocycles. The first-order valence-electron chi connectivity index (χ1n) is 5.72. The highest BCUT2D eigenvalue weighted by Crippen LogP contribution is 2.43. The van der Waals surface area contributed by atoms with Crippen molar-refractivity contribution in [2.24, 2.45) is 0 Å². The van der Waals surface area contributed by atoms with Crippen molar-refractivity contribution in [3.05, 3.63) is 33.9 Å². The van der Waals surface area contributed by atoms with Gasteiger partial charge in [0.2, 0.25) is 6.10 Å². The first kappa shape index (κ1) is 13.3. The highest BCUT2D eigenvalue weighted by atomic mass is 16.6. The third-order valence-electron chi connectivity index (χ3n) is 2.98. The van der Waals surface area contributed by atoms with Gasteiger partial charge in [-0.3, -0.25) is 10.1 Å². The number of benzene rings is 1. The standard InChI is InChI=1S/C12H13NO6/c1-3-18-11(14)10-12(2,15)8-6-7(13(16)17)4-5-9(8)19-10/h4-6,10,15H,3H2,1-2H3/t10-,12-/m1/s1. The first-order valence-corrected chi connectivity index (χ1v) is 5.72. The summed E-state index contributed by atoms with van der Waals surface area (Å²) in [6.07, 6.45) is -1.22. The van der Waals surface area contributed by atoms with E-state index in [1.54, 1.807) is 6.92 Å². The van der Waals surface area contributed by atoms with Crippen LogP contribution in [0.5, 0.6) is 5.75 Å². The number of nitrogens with zero attached hydrogens (tertiary/aromatic N) is 1. The van der Waals surface area contributed by atoms with E-state index in [0.717, 1.165) is 0 Å². The van der Waals surface area contributed by atoms with Gasteiger partial charge in [-0.15, -0.1) is 0 Å².